The summed E-state index contributed by atoms with van der Waals surface area (Å²) >= 11 is 0. The van der Waals surface area contributed by atoms with Gasteiger partial charge in [-0.1, -0.05) is 0 Å². The molecule has 2 fully saturated rings. The van der Waals surface area contributed by atoms with Crippen LogP contribution in [0.5, 0.6) is 0 Å². The molecular weight excluding hydrogens is 208 g/mol. The standard InChI is InChI=1S/C11H22N2O3/c12-13-10(11-8-14-6-7-16-11)4-3-9-2-1-5-15-9/h9-11,13H,1-8,12H2. The fourth-order valence-corrected chi connectivity index (χ4v) is 2.35. The Morgan fingerprint density at radius 3 is 2.81 bits per heavy atom. The highest BCUT2D eigenvalue weighted by Crippen LogP contribution is 2.19. The highest BCUT2D eigenvalue weighted by Gasteiger charge is 2.26. The van der Waals surface area contributed by atoms with Crippen LogP contribution in [0.3, 0.4) is 0 Å². The number of hydrogen-bond donors (Lipinski definition) is 2. The summed E-state index contributed by atoms with van der Waals surface area (Å²) in [4.78, 5) is 0. The van der Waals surface area contributed by atoms with Gasteiger partial charge in [-0.05, 0) is 25.7 Å². The molecule has 0 aromatic rings. The van der Waals surface area contributed by atoms with E-state index < -0.39 is 0 Å². The normalized spacial score (nSPS) is 32.8. The Kier molecular flexibility index (Phi) is 4.99. The number of hydrogen-bond acceptors (Lipinski definition) is 5. The van der Waals surface area contributed by atoms with Crippen molar-refractivity contribution in [2.24, 2.45) is 5.84 Å². The Hall–Kier alpha value is -0.200. The summed E-state index contributed by atoms with van der Waals surface area (Å²) in [5.41, 5.74) is 2.84. The van der Waals surface area contributed by atoms with Crippen LogP contribution in [0.4, 0.5) is 0 Å². The molecule has 0 saturated carbocycles. The molecule has 2 saturated heterocycles. The minimum atomic E-state index is 0.0835. The summed E-state index contributed by atoms with van der Waals surface area (Å²) in [7, 11) is 0. The molecule has 0 bridgehead atoms. The van der Waals surface area contributed by atoms with Crippen LogP contribution in [0.1, 0.15) is 25.7 Å². The van der Waals surface area contributed by atoms with Crippen molar-refractivity contribution < 1.29 is 14.2 Å². The Bertz CT molecular complexity index is 192. The lowest BCUT2D eigenvalue weighted by Gasteiger charge is -2.30. The van der Waals surface area contributed by atoms with Gasteiger partial charge in [0.15, 0.2) is 0 Å². The Labute approximate surface area is 96.6 Å². The van der Waals surface area contributed by atoms with Gasteiger partial charge in [-0.3, -0.25) is 11.3 Å². The first-order valence-electron chi connectivity index (χ1n) is 6.17. The van der Waals surface area contributed by atoms with Crippen molar-refractivity contribution in [3.8, 4) is 0 Å². The van der Waals surface area contributed by atoms with Crippen LogP contribution in [0.25, 0.3) is 0 Å². The molecule has 3 unspecified atom stereocenters. The number of rotatable bonds is 5. The first-order chi connectivity index (χ1) is 7.90. The molecule has 2 rings (SSSR count). The van der Waals surface area contributed by atoms with Crippen LogP contribution in [-0.4, -0.2) is 44.7 Å². The van der Waals surface area contributed by atoms with Crippen LogP contribution >= 0.6 is 0 Å². The van der Waals surface area contributed by atoms with Crippen LogP contribution in [0, 0.1) is 0 Å². The lowest BCUT2D eigenvalue weighted by atomic mass is 10.0. The third-order valence-corrected chi connectivity index (χ3v) is 3.33. The molecule has 3 atom stereocenters. The van der Waals surface area contributed by atoms with Crippen molar-refractivity contribution in [3.63, 3.8) is 0 Å². The summed E-state index contributed by atoms with van der Waals surface area (Å²) in [5.74, 6) is 5.56. The molecular formula is C11H22N2O3. The largest absolute Gasteiger partial charge is 0.378 e. The van der Waals surface area contributed by atoms with Gasteiger partial charge in [0, 0.05) is 12.6 Å². The molecule has 5 heteroatoms. The van der Waals surface area contributed by atoms with Crippen molar-refractivity contribution >= 4 is 0 Å². The molecule has 0 amide bonds. The smallest absolute Gasteiger partial charge is 0.0975 e. The number of nitrogens with one attached hydrogen (secondary N) is 1. The fraction of sp³-hybridized carbons (Fsp3) is 1.00. The molecule has 0 spiro atoms. The molecule has 0 aromatic heterocycles. The second kappa shape index (κ2) is 6.51. The molecule has 3 N–H and O–H groups in total. The van der Waals surface area contributed by atoms with E-state index in [2.05, 4.69) is 5.43 Å². The molecule has 2 aliphatic rings. The maximum atomic E-state index is 5.64. The molecule has 0 aliphatic carbocycles. The van der Waals surface area contributed by atoms with Crippen molar-refractivity contribution in [1.82, 2.24) is 5.43 Å². The van der Waals surface area contributed by atoms with E-state index >= 15 is 0 Å². The predicted octanol–water partition coefficient (Wildman–Crippen LogP) is 0.193. The topological polar surface area (TPSA) is 65.7 Å². The molecule has 94 valence electrons. The van der Waals surface area contributed by atoms with E-state index in [0.29, 0.717) is 25.9 Å². The van der Waals surface area contributed by atoms with E-state index in [-0.39, 0.29) is 12.1 Å². The van der Waals surface area contributed by atoms with Crippen LogP contribution in [0.2, 0.25) is 0 Å². The fourth-order valence-electron chi connectivity index (χ4n) is 2.35. The quantitative estimate of drug-likeness (QED) is 0.521. The maximum absolute atomic E-state index is 5.64. The summed E-state index contributed by atoms with van der Waals surface area (Å²) in [6.07, 6.45) is 4.90. The minimum absolute atomic E-state index is 0.0835. The van der Waals surface area contributed by atoms with Gasteiger partial charge in [0.2, 0.25) is 0 Å². The minimum Gasteiger partial charge on any atom is -0.378 e. The van der Waals surface area contributed by atoms with Crippen LogP contribution < -0.4 is 11.3 Å². The van der Waals surface area contributed by atoms with Crippen molar-refractivity contribution in [1.29, 1.82) is 0 Å². The number of ether oxygens (including phenoxy) is 3. The van der Waals surface area contributed by atoms with Gasteiger partial charge in [0.1, 0.15) is 0 Å². The molecule has 2 aliphatic heterocycles. The summed E-state index contributed by atoms with van der Waals surface area (Å²) in [6, 6.07) is 0.171. The Morgan fingerprint density at radius 2 is 2.19 bits per heavy atom. The van der Waals surface area contributed by atoms with Gasteiger partial charge in [-0.15, -0.1) is 0 Å². The summed E-state index contributed by atoms with van der Waals surface area (Å²) in [6.45, 7) is 2.91. The van der Waals surface area contributed by atoms with Crippen LogP contribution in [-0.2, 0) is 14.2 Å². The molecule has 0 radical (unpaired) electrons. The Morgan fingerprint density at radius 1 is 1.25 bits per heavy atom. The van der Waals surface area contributed by atoms with Crippen molar-refractivity contribution in [2.45, 2.75) is 43.9 Å². The second-order valence-electron chi connectivity index (χ2n) is 4.47. The van der Waals surface area contributed by atoms with Gasteiger partial charge >= 0.3 is 0 Å². The van der Waals surface area contributed by atoms with Crippen molar-refractivity contribution in [2.75, 3.05) is 26.4 Å². The average molecular weight is 230 g/mol. The van der Waals surface area contributed by atoms with Crippen molar-refractivity contribution in [3.05, 3.63) is 0 Å². The van der Waals surface area contributed by atoms with Gasteiger partial charge in [0.25, 0.3) is 0 Å². The number of hydrazine groups is 1. The first-order valence-corrected chi connectivity index (χ1v) is 6.17. The maximum Gasteiger partial charge on any atom is 0.0975 e. The highest BCUT2D eigenvalue weighted by atomic mass is 16.6. The van der Waals surface area contributed by atoms with Gasteiger partial charge in [-0.25, -0.2) is 0 Å². The third kappa shape index (κ3) is 3.40. The average Bonchev–Trinajstić information content (AvgIpc) is 2.84. The molecule has 16 heavy (non-hydrogen) atoms. The molecule has 0 aromatic carbocycles. The highest BCUT2D eigenvalue weighted by molar-refractivity contribution is 4.79. The van der Waals surface area contributed by atoms with E-state index in [9.17, 15) is 0 Å². The zero-order chi connectivity index (χ0) is 11.2. The summed E-state index contributed by atoms with van der Waals surface area (Å²) in [5, 5.41) is 0. The van der Waals surface area contributed by atoms with E-state index in [1.807, 2.05) is 0 Å². The number of nitrogens with two attached hydrogens (primary N) is 1. The predicted molar refractivity (Wildman–Crippen MR) is 59.9 cm³/mol. The summed E-state index contributed by atoms with van der Waals surface area (Å²) < 4.78 is 16.6. The second-order valence-corrected chi connectivity index (χ2v) is 4.47. The SMILES string of the molecule is NNC(CCC1CCCO1)C1COCCO1. The van der Waals surface area contributed by atoms with E-state index in [1.165, 1.54) is 12.8 Å². The monoisotopic (exact) mass is 230 g/mol. The van der Waals surface area contributed by atoms with Gasteiger partial charge in [-0.2, -0.15) is 0 Å². The van der Waals surface area contributed by atoms with Crippen LogP contribution in [0.15, 0.2) is 0 Å². The third-order valence-electron chi connectivity index (χ3n) is 3.33. The zero-order valence-corrected chi connectivity index (χ0v) is 9.69. The molecule has 5 nitrogen and oxygen atoms in total. The van der Waals surface area contributed by atoms with Gasteiger partial charge < -0.3 is 14.2 Å². The Balaban J connectivity index is 1.70. The van der Waals surface area contributed by atoms with Gasteiger partial charge in [0.05, 0.1) is 32.0 Å². The lowest BCUT2D eigenvalue weighted by molar-refractivity contribution is -0.103. The van der Waals surface area contributed by atoms with E-state index in [4.69, 9.17) is 20.1 Å². The molecule has 2 heterocycles. The van der Waals surface area contributed by atoms with E-state index in [0.717, 1.165) is 19.4 Å². The van der Waals surface area contributed by atoms with E-state index in [1.54, 1.807) is 0 Å². The lowest BCUT2D eigenvalue weighted by Crippen LogP contribution is -2.49. The first kappa shape index (κ1) is 12.3. The zero-order valence-electron chi connectivity index (χ0n) is 9.69.